The van der Waals surface area contributed by atoms with Gasteiger partial charge in [0.1, 0.15) is 5.76 Å². The molecule has 2 atom stereocenters. The second kappa shape index (κ2) is 4.94. The van der Waals surface area contributed by atoms with E-state index in [1.807, 2.05) is 19.1 Å². The molecule has 0 amide bonds. The lowest BCUT2D eigenvalue weighted by molar-refractivity contribution is 0.210. The standard InChI is InChI=1S/C19H16F2O/c1-11-8-16-15(13-6-7-17(20)18(21)10-13)9-12-4-2-3-5-14(12)19(16)22-11/h2-7,10-11,15H,8-9H2,1H3. The van der Waals surface area contributed by atoms with Crippen molar-refractivity contribution in [3.05, 3.63) is 76.4 Å². The first-order valence-electron chi connectivity index (χ1n) is 7.56. The lowest BCUT2D eigenvalue weighted by Crippen LogP contribution is -2.13. The van der Waals surface area contributed by atoms with Crippen LogP contribution in [-0.2, 0) is 11.2 Å². The minimum atomic E-state index is -0.801. The zero-order chi connectivity index (χ0) is 15.3. The van der Waals surface area contributed by atoms with Crippen LogP contribution in [0.2, 0.25) is 0 Å². The van der Waals surface area contributed by atoms with Gasteiger partial charge in [-0.2, -0.15) is 0 Å². The highest BCUT2D eigenvalue weighted by Gasteiger charge is 2.35. The normalized spacial score (nSPS) is 23.0. The maximum Gasteiger partial charge on any atom is 0.159 e. The second-order valence-corrected chi connectivity index (χ2v) is 6.07. The summed E-state index contributed by atoms with van der Waals surface area (Å²) in [6, 6.07) is 12.4. The quantitative estimate of drug-likeness (QED) is 0.733. The van der Waals surface area contributed by atoms with E-state index in [-0.39, 0.29) is 12.0 Å². The summed E-state index contributed by atoms with van der Waals surface area (Å²) < 4.78 is 32.9. The Labute approximate surface area is 128 Å². The molecule has 4 rings (SSSR count). The Balaban J connectivity index is 1.84. The molecule has 0 fully saturated rings. The molecule has 0 N–H and O–H groups in total. The van der Waals surface area contributed by atoms with Crippen molar-refractivity contribution in [2.75, 3.05) is 0 Å². The van der Waals surface area contributed by atoms with Crippen molar-refractivity contribution in [3.8, 4) is 0 Å². The van der Waals surface area contributed by atoms with Gasteiger partial charge in [-0.25, -0.2) is 8.78 Å². The van der Waals surface area contributed by atoms with Gasteiger partial charge in [0, 0.05) is 17.9 Å². The van der Waals surface area contributed by atoms with E-state index in [1.165, 1.54) is 23.3 Å². The Morgan fingerprint density at radius 2 is 1.82 bits per heavy atom. The Morgan fingerprint density at radius 3 is 2.64 bits per heavy atom. The fourth-order valence-corrected chi connectivity index (χ4v) is 3.57. The van der Waals surface area contributed by atoms with E-state index in [2.05, 4.69) is 12.1 Å². The second-order valence-electron chi connectivity index (χ2n) is 6.07. The van der Waals surface area contributed by atoms with Gasteiger partial charge in [0.15, 0.2) is 11.6 Å². The Bertz CT molecular complexity index is 779. The minimum absolute atomic E-state index is 0.0601. The summed E-state index contributed by atoms with van der Waals surface area (Å²) in [6.07, 6.45) is 1.77. The average Bonchev–Trinajstić information content (AvgIpc) is 2.91. The number of benzene rings is 2. The predicted molar refractivity (Wildman–Crippen MR) is 81.3 cm³/mol. The van der Waals surface area contributed by atoms with Gasteiger partial charge in [0.2, 0.25) is 0 Å². The van der Waals surface area contributed by atoms with Crippen LogP contribution in [0.15, 0.2) is 48.0 Å². The maximum atomic E-state index is 13.6. The first kappa shape index (κ1) is 13.5. The average molecular weight is 298 g/mol. The molecule has 1 aliphatic carbocycles. The number of ether oxygens (including phenoxy) is 1. The summed E-state index contributed by atoms with van der Waals surface area (Å²) in [7, 11) is 0. The van der Waals surface area contributed by atoms with Gasteiger partial charge < -0.3 is 4.74 Å². The first-order valence-corrected chi connectivity index (χ1v) is 7.56. The number of halogens is 2. The van der Waals surface area contributed by atoms with Crippen LogP contribution in [0.1, 0.15) is 36.0 Å². The van der Waals surface area contributed by atoms with Crippen molar-refractivity contribution >= 4 is 5.76 Å². The molecule has 1 heterocycles. The van der Waals surface area contributed by atoms with Crippen molar-refractivity contribution in [2.45, 2.75) is 31.8 Å². The van der Waals surface area contributed by atoms with Gasteiger partial charge in [0.05, 0.1) is 6.10 Å². The highest BCUT2D eigenvalue weighted by molar-refractivity contribution is 5.72. The molecule has 2 aromatic rings. The van der Waals surface area contributed by atoms with Crippen LogP contribution in [0.3, 0.4) is 0 Å². The van der Waals surface area contributed by atoms with E-state index >= 15 is 0 Å². The summed E-state index contributed by atoms with van der Waals surface area (Å²) in [5.74, 6) is -0.593. The third-order valence-electron chi connectivity index (χ3n) is 4.57. The molecule has 0 saturated heterocycles. The molecule has 2 aromatic carbocycles. The molecular formula is C19H16F2O. The Hall–Kier alpha value is -2.16. The zero-order valence-corrected chi connectivity index (χ0v) is 12.3. The van der Waals surface area contributed by atoms with Crippen LogP contribution in [0.25, 0.3) is 5.76 Å². The SMILES string of the molecule is CC1CC2=C(O1)c1ccccc1CC2c1ccc(F)c(F)c1. The predicted octanol–water partition coefficient (Wildman–Crippen LogP) is 4.82. The molecule has 3 heteroatoms. The maximum absolute atomic E-state index is 13.6. The van der Waals surface area contributed by atoms with Crippen LogP contribution in [0, 0.1) is 11.6 Å². The summed E-state index contributed by atoms with van der Waals surface area (Å²) in [5, 5.41) is 0. The minimum Gasteiger partial charge on any atom is -0.490 e. The molecule has 22 heavy (non-hydrogen) atoms. The van der Waals surface area contributed by atoms with Gasteiger partial charge >= 0.3 is 0 Å². The van der Waals surface area contributed by atoms with E-state index in [0.29, 0.717) is 0 Å². The molecule has 0 spiro atoms. The number of hydrogen-bond donors (Lipinski definition) is 0. The smallest absolute Gasteiger partial charge is 0.159 e. The van der Waals surface area contributed by atoms with Crippen LogP contribution in [-0.4, -0.2) is 6.10 Å². The zero-order valence-electron chi connectivity index (χ0n) is 12.3. The molecule has 1 nitrogen and oxygen atoms in total. The number of fused-ring (bicyclic) bond motifs is 2. The summed E-state index contributed by atoms with van der Waals surface area (Å²) in [4.78, 5) is 0. The van der Waals surface area contributed by atoms with Crippen LogP contribution >= 0.6 is 0 Å². The first-order chi connectivity index (χ1) is 10.6. The van der Waals surface area contributed by atoms with Gasteiger partial charge in [-0.1, -0.05) is 30.3 Å². The molecule has 2 aliphatic rings. The number of hydrogen-bond acceptors (Lipinski definition) is 1. The molecule has 2 unspecified atom stereocenters. The highest BCUT2D eigenvalue weighted by Crippen LogP contribution is 2.47. The van der Waals surface area contributed by atoms with E-state index in [1.54, 1.807) is 6.07 Å². The fourth-order valence-electron chi connectivity index (χ4n) is 3.57. The third kappa shape index (κ3) is 2.04. The van der Waals surface area contributed by atoms with Gasteiger partial charge in [-0.05, 0) is 42.2 Å². The van der Waals surface area contributed by atoms with E-state index < -0.39 is 11.6 Å². The topological polar surface area (TPSA) is 9.23 Å². The van der Waals surface area contributed by atoms with Gasteiger partial charge in [-0.3, -0.25) is 0 Å². The molecule has 0 saturated carbocycles. The van der Waals surface area contributed by atoms with Crippen molar-refractivity contribution in [2.24, 2.45) is 0 Å². The van der Waals surface area contributed by atoms with E-state index in [4.69, 9.17) is 4.74 Å². The molecular weight excluding hydrogens is 282 g/mol. The van der Waals surface area contributed by atoms with Crippen LogP contribution < -0.4 is 0 Å². The number of rotatable bonds is 1. The largest absolute Gasteiger partial charge is 0.490 e. The molecule has 1 aliphatic heterocycles. The molecule has 112 valence electrons. The van der Waals surface area contributed by atoms with Crippen molar-refractivity contribution in [1.29, 1.82) is 0 Å². The van der Waals surface area contributed by atoms with E-state index in [9.17, 15) is 8.78 Å². The summed E-state index contributed by atoms with van der Waals surface area (Å²) >= 11 is 0. The third-order valence-corrected chi connectivity index (χ3v) is 4.57. The monoisotopic (exact) mass is 298 g/mol. The Kier molecular flexibility index (Phi) is 3.03. The summed E-state index contributed by atoms with van der Waals surface area (Å²) in [6.45, 7) is 2.04. The van der Waals surface area contributed by atoms with Crippen LogP contribution in [0.4, 0.5) is 8.78 Å². The molecule has 0 aromatic heterocycles. The Morgan fingerprint density at radius 1 is 1.00 bits per heavy atom. The highest BCUT2D eigenvalue weighted by atomic mass is 19.2. The fraction of sp³-hybridized carbons (Fsp3) is 0.263. The lowest BCUT2D eigenvalue weighted by atomic mass is 9.78. The molecule has 0 radical (unpaired) electrons. The van der Waals surface area contributed by atoms with Crippen LogP contribution in [0.5, 0.6) is 0 Å². The van der Waals surface area contributed by atoms with E-state index in [0.717, 1.165) is 29.7 Å². The lowest BCUT2D eigenvalue weighted by Gasteiger charge is -2.26. The van der Waals surface area contributed by atoms with Crippen molar-refractivity contribution in [1.82, 2.24) is 0 Å². The van der Waals surface area contributed by atoms with Crippen molar-refractivity contribution < 1.29 is 13.5 Å². The molecule has 0 bridgehead atoms. The summed E-state index contributed by atoms with van der Waals surface area (Å²) in [5.41, 5.74) is 4.36. The van der Waals surface area contributed by atoms with Gasteiger partial charge in [-0.15, -0.1) is 0 Å². The van der Waals surface area contributed by atoms with Gasteiger partial charge in [0.25, 0.3) is 0 Å². The van der Waals surface area contributed by atoms with Crippen molar-refractivity contribution in [3.63, 3.8) is 0 Å².